The van der Waals surface area contributed by atoms with E-state index in [4.69, 9.17) is 19.9 Å². The first-order chi connectivity index (χ1) is 9.69. The minimum atomic E-state index is 0.428. The van der Waals surface area contributed by atoms with E-state index in [9.17, 15) is 0 Å². The Hall–Kier alpha value is -1.88. The summed E-state index contributed by atoms with van der Waals surface area (Å²) >= 11 is 3.35. The summed E-state index contributed by atoms with van der Waals surface area (Å²) in [5, 5.41) is 0. The van der Waals surface area contributed by atoms with E-state index in [0.717, 1.165) is 16.0 Å². The molecule has 0 aliphatic carbocycles. The first-order valence-electron chi connectivity index (χ1n) is 6.14. The first kappa shape index (κ1) is 14.5. The Labute approximate surface area is 126 Å². The number of halogens is 1. The maximum Gasteiger partial charge on any atom is 0.142 e. The monoisotopic (exact) mass is 337 g/mol. The van der Waals surface area contributed by atoms with Crippen molar-refractivity contribution >= 4 is 21.6 Å². The number of benzene rings is 2. The lowest BCUT2D eigenvalue weighted by atomic mass is 10.3. The Morgan fingerprint density at radius 3 is 2.25 bits per heavy atom. The molecule has 0 amide bonds. The lowest BCUT2D eigenvalue weighted by molar-refractivity contribution is 0.217. The molecule has 20 heavy (non-hydrogen) atoms. The maximum absolute atomic E-state index is 5.84. The van der Waals surface area contributed by atoms with Crippen LogP contribution >= 0.6 is 15.9 Å². The van der Waals surface area contributed by atoms with Gasteiger partial charge in [0.05, 0.1) is 12.8 Å². The fourth-order valence-corrected chi connectivity index (χ4v) is 2.01. The quantitative estimate of drug-likeness (QED) is 0.647. The van der Waals surface area contributed by atoms with E-state index in [-0.39, 0.29) is 0 Å². The second-order valence-electron chi connectivity index (χ2n) is 4.05. The second kappa shape index (κ2) is 7.05. The standard InChI is InChI=1S/C15H16BrNO3/c1-18-12-3-5-13(6-4-12)19-8-9-20-15-7-2-11(16)10-14(15)17/h2-7,10H,8-9,17H2,1H3. The Kier molecular flexibility index (Phi) is 5.12. The summed E-state index contributed by atoms with van der Waals surface area (Å²) in [6.45, 7) is 0.875. The number of hydrogen-bond donors (Lipinski definition) is 1. The fourth-order valence-electron chi connectivity index (χ4n) is 1.63. The van der Waals surface area contributed by atoms with E-state index >= 15 is 0 Å². The molecule has 0 atom stereocenters. The van der Waals surface area contributed by atoms with E-state index in [1.165, 1.54) is 0 Å². The summed E-state index contributed by atoms with van der Waals surface area (Å²) in [6.07, 6.45) is 0. The van der Waals surface area contributed by atoms with Gasteiger partial charge in [-0.15, -0.1) is 0 Å². The van der Waals surface area contributed by atoms with Gasteiger partial charge >= 0.3 is 0 Å². The van der Waals surface area contributed by atoms with Gasteiger partial charge in [0.15, 0.2) is 0 Å². The zero-order chi connectivity index (χ0) is 14.4. The van der Waals surface area contributed by atoms with Crippen molar-refractivity contribution < 1.29 is 14.2 Å². The molecule has 0 spiro atoms. The first-order valence-corrected chi connectivity index (χ1v) is 6.93. The molecule has 0 bridgehead atoms. The van der Waals surface area contributed by atoms with Crippen molar-refractivity contribution in [3.8, 4) is 17.2 Å². The van der Waals surface area contributed by atoms with Gasteiger partial charge in [-0.25, -0.2) is 0 Å². The highest BCUT2D eigenvalue weighted by atomic mass is 79.9. The van der Waals surface area contributed by atoms with Crippen LogP contribution in [0.15, 0.2) is 46.9 Å². The van der Waals surface area contributed by atoms with Crippen molar-refractivity contribution in [1.82, 2.24) is 0 Å². The molecule has 0 saturated heterocycles. The largest absolute Gasteiger partial charge is 0.497 e. The van der Waals surface area contributed by atoms with Gasteiger partial charge in [-0.2, -0.15) is 0 Å². The van der Waals surface area contributed by atoms with E-state index < -0.39 is 0 Å². The van der Waals surface area contributed by atoms with Gasteiger partial charge in [0.25, 0.3) is 0 Å². The summed E-state index contributed by atoms with van der Waals surface area (Å²) in [5.74, 6) is 2.24. The topological polar surface area (TPSA) is 53.7 Å². The Bertz CT molecular complexity index is 558. The zero-order valence-electron chi connectivity index (χ0n) is 11.1. The van der Waals surface area contributed by atoms with Gasteiger partial charge < -0.3 is 19.9 Å². The molecule has 0 heterocycles. The van der Waals surface area contributed by atoms with E-state index in [1.54, 1.807) is 13.2 Å². The van der Waals surface area contributed by atoms with Crippen molar-refractivity contribution in [2.75, 3.05) is 26.1 Å². The number of nitrogen functional groups attached to an aromatic ring is 1. The molecule has 0 aliphatic rings. The predicted octanol–water partition coefficient (Wildman–Crippen LogP) is 3.50. The number of rotatable bonds is 6. The van der Waals surface area contributed by atoms with Gasteiger partial charge in [0, 0.05) is 4.47 Å². The Balaban J connectivity index is 1.78. The van der Waals surface area contributed by atoms with Crippen LogP contribution in [0, 0.1) is 0 Å². The van der Waals surface area contributed by atoms with Gasteiger partial charge in [-0.1, -0.05) is 15.9 Å². The minimum absolute atomic E-state index is 0.428. The molecular formula is C15H16BrNO3. The molecule has 0 aromatic heterocycles. The number of methoxy groups -OCH3 is 1. The molecule has 0 radical (unpaired) electrons. The normalized spacial score (nSPS) is 10.1. The lowest BCUT2D eigenvalue weighted by Gasteiger charge is -2.10. The molecule has 106 valence electrons. The van der Waals surface area contributed by atoms with Crippen LogP contribution in [0.2, 0.25) is 0 Å². The highest BCUT2D eigenvalue weighted by Gasteiger charge is 2.01. The van der Waals surface area contributed by atoms with Crippen LogP contribution in [0.4, 0.5) is 5.69 Å². The highest BCUT2D eigenvalue weighted by Crippen LogP contribution is 2.25. The van der Waals surface area contributed by atoms with Crippen LogP contribution in [0.3, 0.4) is 0 Å². The number of ether oxygens (including phenoxy) is 3. The minimum Gasteiger partial charge on any atom is -0.497 e. The third-order valence-corrected chi connectivity index (χ3v) is 3.13. The van der Waals surface area contributed by atoms with E-state index in [1.807, 2.05) is 36.4 Å². The van der Waals surface area contributed by atoms with E-state index in [0.29, 0.717) is 24.7 Å². The van der Waals surface area contributed by atoms with Crippen LogP contribution in [0.1, 0.15) is 0 Å². The molecule has 4 nitrogen and oxygen atoms in total. The average Bonchev–Trinajstić information content (AvgIpc) is 2.46. The lowest BCUT2D eigenvalue weighted by Crippen LogP contribution is -2.09. The summed E-state index contributed by atoms with van der Waals surface area (Å²) in [5.41, 5.74) is 6.44. The molecule has 2 aromatic carbocycles. The van der Waals surface area contributed by atoms with Crippen molar-refractivity contribution in [2.45, 2.75) is 0 Å². The zero-order valence-corrected chi connectivity index (χ0v) is 12.7. The van der Waals surface area contributed by atoms with Crippen molar-refractivity contribution in [3.63, 3.8) is 0 Å². The predicted molar refractivity (Wildman–Crippen MR) is 82.5 cm³/mol. The van der Waals surface area contributed by atoms with Crippen LogP contribution in [-0.2, 0) is 0 Å². The van der Waals surface area contributed by atoms with Crippen LogP contribution in [-0.4, -0.2) is 20.3 Å². The molecule has 5 heteroatoms. The maximum atomic E-state index is 5.84. The molecule has 0 fully saturated rings. The molecular weight excluding hydrogens is 322 g/mol. The van der Waals surface area contributed by atoms with Crippen LogP contribution < -0.4 is 19.9 Å². The fraction of sp³-hybridized carbons (Fsp3) is 0.200. The second-order valence-corrected chi connectivity index (χ2v) is 4.97. The Morgan fingerprint density at radius 2 is 1.60 bits per heavy atom. The van der Waals surface area contributed by atoms with E-state index in [2.05, 4.69) is 15.9 Å². The molecule has 2 N–H and O–H groups in total. The summed E-state index contributed by atoms with van der Waals surface area (Å²) in [6, 6.07) is 12.9. The van der Waals surface area contributed by atoms with Crippen LogP contribution in [0.25, 0.3) is 0 Å². The smallest absolute Gasteiger partial charge is 0.142 e. The SMILES string of the molecule is COc1ccc(OCCOc2ccc(Br)cc2N)cc1. The van der Waals surface area contributed by atoms with Crippen molar-refractivity contribution in [2.24, 2.45) is 0 Å². The van der Waals surface area contributed by atoms with Crippen molar-refractivity contribution in [3.05, 3.63) is 46.9 Å². The number of anilines is 1. The van der Waals surface area contributed by atoms with Gasteiger partial charge in [-0.3, -0.25) is 0 Å². The Morgan fingerprint density at radius 1 is 0.950 bits per heavy atom. The van der Waals surface area contributed by atoms with Crippen molar-refractivity contribution in [1.29, 1.82) is 0 Å². The third kappa shape index (κ3) is 4.06. The number of nitrogens with two attached hydrogens (primary N) is 1. The van der Waals surface area contributed by atoms with Gasteiger partial charge in [0.1, 0.15) is 30.5 Å². The van der Waals surface area contributed by atoms with Gasteiger partial charge in [0.2, 0.25) is 0 Å². The number of hydrogen-bond acceptors (Lipinski definition) is 4. The summed E-state index contributed by atoms with van der Waals surface area (Å²) in [7, 11) is 1.63. The molecule has 0 aliphatic heterocycles. The highest BCUT2D eigenvalue weighted by molar-refractivity contribution is 9.10. The summed E-state index contributed by atoms with van der Waals surface area (Å²) in [4.78, 5) is 0. The van der Waals surface area contributed by atoms with Gasteiger partial charge in [-0.05, 0) is 42.5 Å². The molecule has 0 unspecified atom stereocenters. The third-order valence-electron chi connectivity index (χ3n) is 2.64. The average molecular weight is 338 g/mol. The summed E-state index contributed by atoms with van der Waals surface area (Å²) < 4.78 is 17.1. The molecule has 0 saturated carbocycles. The van der Waals surface area contributed by atoms with Crippen LogP contribution in [0.5, 0.6) is 17.2 Å². The molecule has 2 aromatic rings. The molecule has 2 rings (SSSR count).